The molecule has 0 saturated carbocycles. The Bertz CT molecular complexity index is 439. The molecular formula is C12H14ClFN2O. The predicted molar refractivity (Wildman–Crippen MR) is 64.3 cm³/mol. The molecule has 5 heteroatoms. The van der Waals surface area contributed by atoms with E-state index in [0.29, 0.717) is 18.1 Å². The van der Waals surface area contributed by atoms with Gasteiger partial charge in [0, 0.05) is 24.7 Å². The molecule has 0 spiro atoms. The second kappa shape index (κ2) is 5.02. The van der Waals surface area contributed by atoms with Gasteiger partial charge in [-0.2, -0.15) is 0 Å². The van der Waals surface area contributed by atoms with E-state index in [1.165, 1.54) is 12.1 Å². The number of rotatable bonds is 2. The summed E-state index contributed by atoms with van der Waals surface area (Å²) >= 11 is 5.97. The molecule has 1 heterocycles. The third-order valence-corrected chi connectivity index (χ3v) is 3.37. The van der Waals surface area contributed by atoms with Gasteiger partial charge >= 0.3 is 0 Å². The Labute approximate surface area is 105 Å². The van der Waals surface area contributed by atoms with E-state index in [1.54, 1.807) is 6.07 Å². The van der Waals surface area contributed by atoms with Gasteiger partial charge in [-0.15, -0.1) is 0 Å². The summed E-state index contributed by atoms with van der Waals surface area (Å²) in [6.45, 7) is 3.84. The molecule has 0 aliphatic carbocycles. The molecule has 2 rings (SSSR count). The molecule has 1 aromatic rings. The van der Waals surface area contributed by atoms with Gasteiger partial charge in [0.25, 0.3) is 0 Å². The quantitative estimate of drug-likeness (QED) is 0.875. The van der Waals surface area contributed by atoms with Gasteiger partial charge in [-0.25, -0.2) is 4.39 Å². The van der Waals surface area contributed by atoms with Crippen molar-refractivity contribution in [2.24, 2.45) is 0 Å². The zero-order chi connectivity index (χ0) is 12.4. The lowest BCUT2D eigenvalue weighted by Gasteiger charge is -2.32. The summed E-state index contributed by atoms with van der Waals surface area (Å²) in [5.74, 6) is -0.322. The van der Waals surface area contributed by atoms with Gasteiger partial charge < -0.3 is 5.32 Å². The minimum Gasteiger partial charge on any atom is -0.353 e. The lowest BCUT2D eigenvalue weighted by molar-refractivity contribution is -0.128. The summed E-state index contributed by atoms with van der Waals surface area (Å²) in [5, 5.41) is 3.20. The monoisotopic (exact) mass is 256 g/mol. The average molecular weight is 257 g/mol. The molecule has 1 aliphatic rings. The highest BCUT2D eigenvalue weighted by molar-refractivity contribution is 6.31. The van der Waals surface area contributed by atoms with Crippen LogP contribution < -0.4 is 5.32 Å². The molecule has 1 aliphatic heterocycles. The van der Waals surface area contributed by atoms with Crippen LogP contribution >= 0.6 is 11.6 Å². The van der Waals surface area contributed by atoms with E-state index >= 15 is 0 Å². The Morgan fingerprint density at radius 3 is 3.06 bits per heavy atom. The van der Waals surface area contributed by atoms with Crippen LogP contribution in [0.5, 0.6) is 0 Å². The minimum atomic E-state index is -0.344. The lowest BCUT2D eigenvalue weighted by Crippen LogP contribution is -2.53. The maximum atomic E-state index is 12.9. The van der Waals surface area contributed by atoms with E-state index in [-0.39, 0.29) is 17.8 Å². The van der Waals surface area contributed by atoms with Gasteiger partial charge in [-0.05, 0) is 24.6 Å². The number of hydrogen-bond donors (Lipinski definition) is 1. The first kappa shape index (κ1) is 12.3. The molecule has 0 radical (unpaired) electrons. The molecular weight excluding hydrogens is 243 g/mol. The Morgan fingerprint density at radius 1 is 1.59 bits per heavy atom. The summed E-state index contributed by atoms with van der Waals surface area (Å²) in [5.41, 5.74) is 0.842. The number of hydrogen-bond acceptors (Lipinski definition) is 2. The van der Waals surface area contributed by atoms with Crippen molar-refractivity contribution in [3.05, 3.63) is 34.6 Å². The smallest absolute Gasteiger partial charge is 0.237 e. The van der Waals surface area contributed by atoms with Crippen molar-refractivity contribution < 1.29 is 9.18 Å². The summed E-state index contributed by atoms with van der Waals surface area (Å²) in [4.78, 5) is 13.5. The normalized spacial score (nSPS) is 21.4. The fraction of sp³-hybridized carbons (Fsp3) is 0.417. The van der Waals surface area contributed by atoms with Gasteiger partial charge in [0.05, 0.1) is 6.04 Å². The Hall–Kier alpha value is -1.13. The lowest BCUT2D eigenvalue weighted by atomic mass is 10.1. The average Bonchev–Trinajstić information content (AvgIpc) is 2.28. The molecule has 1 fully saturated rings. The van der Waals surface area contributed by atoms with Crippen LogP contribution in [0.15, 0.2) is 18.2 Å². The first-order valence-corrected chi connectivity index (χ1v) is 5.91. The largest absolute Gasteiger partial charge is 0.353 e. The molecule has 0 aromatic heterocycles. The zero-order valence-corrected chi connectivity index (χ0v) is 10.3. The van der Waals surface area contributed by atoms with Crippen molar-refractivity contribution in [3.63, 3.8) is 0 Å². The third-order valence-electron chi connectivity index (χ3n) is 3.01. The molecule has 1 aromatic carbocycles. The Kier molecular flexibility index (Phi) is 3.64. The molecule has 17 heavy (non-hydrogen) atoms. The molecule has 3 nitrogen and oxygen atoms in total. The van der Waals surface area contributed by atoms with Crippen LogP contribution in [-0.4, -0.2) is 29.9 Å². The highest BCUT2D eigenvalue weighted by Gasteiger charge is 2.25. The van der Waals surface area contributed by atoms with Crippen molar-refractivity contribution in [1.29, 1.82) is 0 Å². The summed E-state index contributed by atoms with van der Waals surface area (Å²) in [6.07, 6.45) is 0. The van der Waals surface area contributed by atoms with Crippen LogP contribution in [0.2, 0.25) is 5.02 Å². The Balaban J connectivity index is 2.12. The van der Waals surface area contributed by atoms with Crippen molar-refractivity contribution in [2.75, 3.05) is 13.1 Å². The van der Waals surface area contributed by atoms with E-state index in [2.05, 4.69) is 5.32 Å². The predicted octanol–water partition coefficient (Wildman–Crippen LogP) is 1.80. The van der Waals surface area contributed by atoms with Crippen molar-refractivity contribution in [2.45, 2.75) is 19.5 Å². The van der Waals surface area contributed by atoms with Crippen LogP contribution in [-0.2, 0) is 11.3 Å². The second-order valence-electron chi connectivity index (χ2n) is 4.17. The van der Waals surface area contributed by atoms with Gasteiger partial charge in [0.1, 0.15) is 5.82 Å². The first-order valence-electron chi connectivity index (χ1n) is 5.53. The standard InChI is InChI=1S/C12H14ClFN2O/c1-8-12(17)15-4-5-16(8)7-9-2-3-10(14)6-11(9)13/h2-3,6,8H,4-5,7H2,1H3,(H,15,17). The molecule has 1 unspecified atom stereocenters. The first-order chi connectivity index (χ1) is 8.08. The van der Waals surface area contributed by atoms with Crippen LogP contribution in [0.3, 0.4) is 0 Å². The molecule has 1 amide bonds. The maximum Gasteiger partial charge on any atom is 0.237 e. The SMILES string of the molecule is CC1C(=O)NCCN1Cc1ccc(F)cc1Cl. The minimum absolute atomic E-state index is 0.0227. The fourth-order valence-corrected chi connectivity index (χ4v) is 2.14. The molecule has 1 N–H and O–H groups in total. The topological polar surface area (TPSA) is 32.3 Å². The number of nitrogens with one attached hydrogen (secondary N) is 1. The van der Waals surface area contributed by atoms with E-state index in [0.717, 1.165) is 12.1 Å². The van der Waals surface area contributed by atoms with E-state index in [4.69, 9.17) is 11.6 Å². The van der Waals surface area contributed by atoms with Crippen molar-refractivity contribution in [3.8, 4) is 0 Å². The van der Waals surface area contributed by atoms with Crippen molar-refractivity contribution in [1.82, 2.24) is 10.2 Å². The number of halogens is 2. The Morgan fingerprint density at radius 2 is 2.35 bits per heavy atom. The van der Waals surface area contributed by atoms with E-state index < -0.39 is 0 Å². The summed E-state index contributed by atoms with van der Waals surface area (Å²) < 4.78 is 12.9. The molecule has 1 atom stereocenters. The maximum absolute atomic E-state index is 12.9. The third kappa shape index (κ3) is 2.76. The number of nitrogens with zero attached hydrogens (tertiary/aromatic N) is 1. The van der Waals surface area contributed by atoms with Crippen LogP contribution in [0.4, 0.5) is 4.39 Å². The van der Waals surface area contributed by atoms with Crippen LogP contribution in [0.25, 0.3) is 0 Å². The highest BCUT2D eigenvalue weighted by Crippen LogP contribution is 2.20. The van der Waals surface area contributed by atoms with Crippen LogP contribution in [0.1, 0.15) is 12.5 Å². The fourth-order valence-electron chi connectivity index (χ4n) is 1.91. The van der Waals surface area contributed by atoms with Crippen molar-refractivity contribution >= 4 is 17.5 Å². The second-order valence-corrected chi connectivity index (χ2v) is 4.58. The van der Waals surface area contributed by atoms with Crippen LogP contribution in [0, 0.1) is 5.82 Å². The molecule has 92 valence electrons. The highest BCUT2D eigenvalue weighted by atomic mass is 35.5. The number of benzene rings is 1. The number of carbonyl (C=O) groups excluding carboxylic acids is 1. The van der Waals surface area contributed by atoms with Gasteiger partial charge in [-0.1, -0.05) is 17.7 Å². The number of carbonyl (C=O) groups is 1. The van der Waals surface area contributed by atoms with Gasteiger partial charge in [-0.3, -0.25) is 9.69 Å². The summed E-state index contributed by atoms with van der Waals surface area (Å²) in [7, 11) is 0. The molecule has 0 bridgehead atoms. The molecule has 1 saturated heterocycles. The zero-order valence-electron chi connectivity index (χ0n) is 9.54. The number of piperazine rings is 1. The van der Waals surface area contributed by atoms with E-state index in [1.807, 2.05) is 11.8 Å². The van der Waals surface area contributed by atoms with Gasteiger partial charge in [0.15, 0.2) is 0 Å². The van der Waals surface area contributed by atoms with E-state index in [9.17, 15) is 9.18 Å². The number of amides is 1. The van der Waals surface area contributed by atoms with Gasteiger partial charge in [0.2, 0.25) is 5.91 Å². The summed E-state index contributed by atoms with van der Waals surface area (Å²) in [6, 6.07) is 4.17.